The molecule has 0 saturated carbocycles. The van der Waals surface area contributed by atoms with Gasteiger partial charge in [-0.25, -0.2) is 0 Å². The Morgan fingerprint density at radius 3 is 2.75 bits per heavy atom. The van der Waals surface area contributed by atoms with Crippen LogP contribution < -0.4 is 0 Å². The lowest BCUT2D eigenvalue weighted by Gasteiger charge is -2.20. The molecule has 1 aliphatic heterocycles. The molecule has 3 nitrogen and oxygen atoms in total. The molecule has 0 radical (unpaired) electrons. The molecule has 94 valence electrons. The Morgan fingerprint density at radius 2 is 2.12 bits per heavy atom. The molecule has 0 amide bonds. The van der Waals surface area contributed by atoms with Crippen molar-refractivity contribution in [1.82, 2.24) is 4.90 Å². The van der Waals surface area contributed by atoms with E-state index >= 15 is 0 Å². The Balaban J connectivity index is 2.27. The molecule has 0 aliphatic carbocycles. The molecule has 0 aromatic heterocycles. The van der Waals surface area contributed by atoms with E-state index in [1.54, 1.807) is 0 Å². The molecule has 0 aromatic rings. The first-order valence-corrected chi connectivity index (χ1v) is 6.42. The van der Waals surface area contributed by atoms with Crippen LogP contribution in [-0.2, 0) is 9.53 Å². The smallest absolute Gasteiger partial charge is 0.306 e. The van der Waals surface area contributed by atoms with Crippen LogP contribution in [0.2, 0.25) is 0 Å². The third-order valence-corrected chi connectivity index (χ3v) is 3.67. The molecule has 16 heavy (non-hydrogen) atoms. The van der Waals surface area contributed by atoms with E-state index in [0.29, 0.717) is 6.42 Å². The monoisotopic (exact) mass is 227 g/mol. The van der Waals surface area contributed by atoms with Crippen LogP contribution in [0, 0.1) is 11.8 Å². The van der Waals surface area contributed by atoms with Gasteiger partial charge in [0.05, 0.1) is 13.5 Å². The van der Waals surface area contributed by atoms with E-state index in [-0.39, 0.29) is 5.97 Å². The fourth-order valence-corrected chi connectivity index (χ4v) is 2.42. The predicted octanol–water partition coefficient (Wildman–Crippen LogP) is 2.31. The quantitative estimate of drug-likeness (QED) is 0.690. The van der Waals surface area contributed by atoms with Crippen LogP contribution in [0.5, 0.6) is 0 Å². The summed E-state index contributed by atoms with van der Waals surface area (Å²) in [6.07, 6.45) is 4.41. The van der Waals surface area contributed by atoms with Gasteiger partial charge in [-0.3, -0.25) is 4.79 Å². The maximum atomic E-state index is 11.1. The minimum absolute atomic E-state index is 0.0929. The number of carbonyl (C=O) groups excluding carboxylic acids is 1. The summed E-state index contributed by atoms with van der Waals surface area (Å²) in [7, 11) is 1.46. The maximum Gasteiger partial charge on any atom is 0.306 e. The highest BCUT2D eigenvalue weighted by atomic mass is 16.5. The van der Waals surface area contributed by atoms with Crippen molar-refractivity contribution in [1.29, 1.82) is 0 Å². The molecule has 0 aromatic carbocycles. The molecule has 0 N–H and O–H groups in total. The second kappa shape index (κ2) is 6.89. The van der Waals surface area contributed by atoms with Gasteiger partial charge in [0, 0.05) is 6.54 Å². The van der Waals surface area contributed by atoms with Crippen molar-refractivity contribution in [2.24, 2.45) is 11.8 Å². The molecule has 1 heterocycles. The Hall–Kier alpha value is -0.570. The Kier molecular flexibility index (Phi) is 5.81. The Labute approximate surface area is 99.1 Å². The number of ether oxygens (including phenoxy) is 1. The van der Waals surface area contributed by atoms with Crippen LogP contribution in [0.1, 0.15) is 39.5 Å². The number of hydrogen-bond acceptors (Lipinski definition) is 3. The van der Waals surface area contributed by atoms with Gasteiger partial charge in [-0.05, 0) is 44.2 Å². The Morgan fingerprint density at radius 1 is 1.38 bits per heavy atom. The molecule has 0 bridgehead atoms. The lowest BCUT2D eigenvalue weighted by molar-refractivity contribution is -0.140. The average molecular weight is 227 g/mol. The van der Waals surface area contributed by atoms with E-state index in [0.717, 1.165) is 31.5 Å². The summed E-state index contributed by atoms with van der Waals surface area (Å²) in [5, 5.41) is 0. The van der Waals surface area contributed by atoms with E-state index in [1.165, 1.54) is 26.4 Å². The topological polar surface area (TPSA) is 29.5 Å². The summed E-state index contributed by atoms with van der Waals surface area (Å²) in [5.41, 5.74) is 0. The van der Waals surface area contributed by atoms with Crippen LogP contribution in [0.3, 0.4) is 0 Å². The lowest BCUT2D eigenvalue weighted by atomic mass is 9.89. The first-order valence-electron chi connectivity index (χ1n) is 6.42. The first-order chi connectivity index (χ1) is 7.63. The van der Waals surface area contributed by atoms with Gasteiger partial charge in [0.2, 0.25) is 0 Å². The van der Waals surface area contributed by atoms with Crippen molar-refractivity contribution < 1.29 is 9.53 Å². The average Bonchev–Trinajstić information content (AvgIpc) is 2.51. The zero-order valence-corrected chi connectivity index (χ0v) is 10.9. The number of hydrogen-bond donors (Lipinski definition) is 0. The van der Waals surface area contributed by atoms with Gasteiger partial charge in [-0.15, -0.1) is 0 Å². The second-order valence-corrected chi connectivity index (χ2v) is 5.10. The molecule has 1 rings (SSSR count). The number of esters is 1. The van der Waals surface area contributed by atoms with Crippen molar-refractivity contribution in [3.63, 3.8) is 0 Å². The molecular formula is C13H25NO2. The zero-order valence-electron chi connectivity index (χ0n) is 10.9. The summed E-state index contributed by atoms with van der Waals surface area (Å²) < 4.78 is 4.67. The van der Waals surface area contributed by atoms with Crippen molar-refractivity contribution in [3.05, 3.63) is 0 Å². The van der Waals surface area contributed by atoms with E-state index in [4.69, 9.17) is 0 Å². The van der Waals surface area contributed by atoms with Crippen LogP contribution in [-0.4, -0.2) is 37.6 Å². The minimum Gasteiger partial charge on any atom is -0.469 e. The summed E-state index contributed by atoms with van der Waals surface area (Å²) in [6.45, 7) is 7.76. The molecule has 1 atom stereocenters. The zero-order chi connectivity index (χ0) is 12.0. The van der Waals surface area contributed by atoms with E-state index in [2.05, 4.69) is 23.5 Å². The van der Waals surface area contributed by atoms with Crippen molar-refractivity contribution in [3.8, 4) is 0 Å². The highest BCUT2D eigenvalue weighted by Crippen LogP contribution is 2.24. The SMILES string of the molecule is COC(=O)CCN1CCCC(C(C)C)CC1. The van der Waals surface area contributed by atoms with Crippen LogP contribution >= 0.6 is 0 Å². The van der Waals surface area contributed by atoms with Crippen LogP contribution in [0.15, 0.2) is 0 Å². The number of rotatable bonds is 4. The van der Waals surface area contributed by atoms with Gasteiger partial charge in [0.15, 0.2) is 0 Å². The fraction of sp³-hybridized carbons (Fsp3) is 0.923. The van der Waals surface area contributed by atoms with Crippen LogP contribution in [0.25, 0.3) is 0 Å². The number of methoxy groups -OCH3 is 1. The van der Waals surface area contributed by atoms with Gasteiger partial charge in [-0.1, -0.05) is 13.8 Å². The molecule has 3 heteroatoms. The molecule has 1 saturated heterocycles. The molecule has 1 fully saturated rings. The third kappa shape index (κ3) is 4.52. The molecular weight excluding hydrogens is 202 g/mol. The summed E-state index contributed by atoms with van der Waals surface area (Å²) >= 11 is 0. The van der Waals surface area contributed by atoms with Crippen LogP contribution in [0.4, 0.5) is 0 Å². The van der Waals surface area contributed by atoms with E-state index in [1.807, 2.05) is 0 Å². The molecule has 0 spiro atoms. The minimum atomic E-state index is -0.0929. The summed E-state index contributed by atoms with van der Waals surface area (Å²) in [6, 6.07) is 0. The summed E-state index contributed by atoms with van der Waals surface area (Å²) in [5.74, 6) is 1.56. The van der Waals surface area contributed by atoms with E-state index in [9.17, 15) is 4.79 Å². The van der Waals surface area contributed by atoms with Gasteiger partial charge >= 0.3 is 5.97 Å². The number of carbonyl (C=O) groups is 1. The third-order valence-electron chi connectivity index (χ3n) is 3.67. The second-order valence-electron chi connectivity index (χ2n) is 5.10. The predicted molar refractivity (Wildman–Crippen MR) is 65.3 cm³/mol. The lowest BCUT2D eigenvalue weighted by Crippen LogP contribution is -2.28. The molecule has 1 aliphatic rings. The first kappa shape index (κ1) is 13.5. The van der Waals surface area contributed by atoms with Crippen molar-refractivity contribution >= 4 is 5.97 Å². The maximum absolute atomic E-state index is 11.1. The highest BCUT2D eigenvalue weighted by Gasteiger charge is 2.19. The van der Waals surface area contributed by atoms with Gasteiger partial charge < -0.3 is 9.64 Å². The van der Waals surface area contributed by atoms with Crippen molar-refractivity contribution in [2.75, 3.05) is 26.7 Å². The fourth-order valence-electron chi connectivity index (χ4n) is 2.42. The van der Waals surface area contributed by atoms with Gasteiger partial charge in [0.1, 0.15) is 0 Å². The van der Waals surface area contributed by atoms with E-state index < -0.39 is 0 Å². The van der Waals surface area contributed by atoms with Gasteiger partial charge in [-0.2, -0.15) is 0 Å². The van der Waals surface area contributed by atoms with Crippen molar-refractivity contribution in [2.45, 2.75) is 39.5 Å². The van der Waals surface area contributed by atoms with Gasteiger partial charge in [0.25, 0.3) is 0 Å². The largest absolute Gasteiger partial charge is 0.469 e. The Bertz CT molecular complexity index is 216. The highest BCUT2D eigenvalue weighted by molar-refractivity contribution is 5.69. The number of nitrogens with zero attached hydrogens (tertiary/aromatic N) is 1. The molecule has 1 unspecified atom stereocenters. The summed E-state index contributed by atoms with van der Waals surface area (Å²) in [4.78, 5) is 13.5. The normalized spacial score (nSPS) is 23.1. The number of likely N-dealkylation sites (tertiary alicyclic amines) is 1. The standard InChI is InChI=1S/C13H25NO2/c1-11(2)12-5-4-8-14(9-6-12)10-7-13(15)16-3/h11-12H,4-10H2,1-3H3.